The summed E-state index contributed by atoms with van der Waals surface area (Å²) in [6, 6.07) is 3.02. The number of hydrogen-bond donors (Lipinski definition) is 1. The molecule has 4 heteroatoms. The molecule has 0 aliphatic carbocycles. The van der Waals surface area contributed by atoms with Gasteiger partial charge in [-0.3, -0.25) is 4.79 Å². The molecular weight excluding hydrogens is 212 g/mol. The highest BCUT2D eigenvalue weighted by Crippen LogP contribution is 2.15. The largest absolute Gasteiger partial charge is 0.320 e. The minimum absolute atomic E-state index is 0.0183. The lowest BCUT2D eigenvalue weighted by Crippen LogP contribution is -2.13. The fraction of sp³-hybridized carbons (Fsp3) is 0.250. The highest BCUT2D eigenvalue weighted by atomic mass is 19.1. The third kappa shape index (κ3) is 3.15. The number of benzene rings is 1. The van der Waals surface area contributed by atoms with Crippen LogP contribution in [0.15, 0.2) is 29.8 Å². The van der Waals surface area contributed by atoms with Gasteiger partial charge >= 0.3 is 0 Å². The van der Waals surface area contributed by atoms with Crippen LogP contribution in [0.3, 0.4) is 0 Å². The highest BCUT2D eigenvalue weighted by molar-refractivity contribution is 6.03. The summed E-state index contributed by atoms with van der Waals surface area (Å²) < 4.78 is 25.8. The Hall–Kier alpha value is -1.71. The maximum Gasteiger partial charge on any atom is 0.251 e. The van der Waals surface area contributed by atoms with Gasteiger partial charge in [-0.1, -0.05) is 13.0 Å². The van der Waals surface area contributed by atoms with Gasteiger partial charge in [0, 0.05) is 11.6 Å². The van der Waals surface area contributed by atoms with Crippen LogP contribution in [0.4, 0.5) is 14.5 Å². The predicted octanol–water partition coefficient (Wildman–Crippen LogP) is 3.26. The van der Waals surface area contributed by atoms with E-state index in [1.54, 1.807) is 13.0 Å². The molecule has 0 fully saturated rings. The third-order valence-corrected chi connectivity index (χ3v) is 2.05. The van der Waals surface area contributed by atoms with Crippen molar-refractivity contribution in [3.05, 3.63) is 41.5 Å². The van der Waals surface area contributed by atoms with Gasteiger partial charge in [-0.2, -0.15) is 0 Å². The molecule has 0 unspecified atom stereocenters. The van der Waals surface area contributed by atoms with Crippen molar-refractivity contribution in [1.82, 2.24) is 0 Å². The van der Waals surface area contributed by atoms with Crippen molar-refractivity contribution < 1.29 is 13.6 Å². The number of halogens is 2. The van der Waals surface area contributed by atoms with E-state index in [2.05, 4.69) is 5.32 Å². The number of amides is 1. The van der Waals surface area contributed by atoms with Crippen molar-refractivity contribution >= 4 is 11.6 Å². The van der Waals surface area contributed by atoms with Crippen LogP contribution in [0.2, 0.25) is 0 Å². The van der Waals surface area contributed by atoms with E-state index in [4.69, 9.17) is 0 Å². The van der Waals surface area contributed by atoms with Crippen molar-refractivity contribution in [2.24, 2.45) is 0 Å². The zero-order valence-electron chi connectivity index (χ0n) is 9.18. The van der Waals surface area contributed by atoms with E-state index in [1.807, 2.05) is 6.92 Å². The molecule has 1 aromatic rings. The number of rotatable bonds is 3. The van der Waals surface area contributed by atoms with Crippen molar-refractivity contribution in [1.29, 1.82) is 0 Å². The number of carbonyl (C=O) groups is 1. The number of carbonyl (C=O) groups excluding carboxylic acids is 1. The molecule has 86 valence electrons. The molecule has 0 heterocycles. The molecule has 0 atom stereocenters. The number of nitrogens with one attached hydrogen (secondary N) is 1. The molecule has 1 aromatic carbocycles. The Labute approximate surface area is 93.0 Å². The molecule has 0 aromatic heterocycles. The average Bonchev–Trinajstić information content (AvgIpc) is 2.22. The monoisotopic (exact) mass is 225 g/mol. The maximum absolute atomic E-state index is 13.2. The van der Waals surface area contributed by atoms with Crippen molar-refractivity contribution in [2.75, 3.05) is 5.32 Å². The van der Waals surface area contributed by atoms with Crippen molar-refractivity contribution in [3.63, 3.8) is 0 Å². The molecule has 0 aliphatic rings. The van der Waals surface area contributed by atoms with Crippen LogP contribution in [0.5, 0.6) is 0 Å². The normalized spacial score (nSPS) is 11.4. The van der Waals surface area contributed by atoms with E-state index in [0.717, 1.165) is 18.6 Å². The van der Waals surface area contributed by atoms with Crippen LogP contribution >= 0.6 is 0 Å². The van der Waals surface area contributed by atoms with Crippen molar-refractivity contribution in [2.45, 2.75) is 20.3 Å². The van der Waals surface area contributed by atoms with Gasteiger partial charge in [0.1, 0.15) is 11.6 Å². The second-order valence-corrected chi connectivity index (χ2v) is 3.37. The van der Waals surface area contributed by atoms with Crippen LogP contribution < -0.4 is 5.32 Å². The first-order valence-electron chi connectivity index (χ1n) is 4.97. The second kappa shape index (κ2) is 5.39. The Morgan fingerprint density at radius 1 is 1.44 bits per heavy atom. The SMILES string of the molecule is CC/C=C(/C)C(=O)Nc1ccc(F)cc1F. The lowest BCUT2D eigenvalue weighted by molar-refractivity contribution is -0.112. The van der Waals surface area contributed by atoms with Gasteiger partial charge in [-0.05, 0) is 25.5 Å². The van der Waals surface area contributed by atoms with Gasteiger partial charge < -0.3 is 5.32 Å². The van der Waals surface area contributed by atoms with Crippen LogP contribution in [-0.4, -0.2) is 5.91 Å². The first-order chi connectivity index (χ1) is 7.54. The summed E-state index contributed by atoms with van der Waals surface area (Å²) in [6.07, 6.45) is 2.46. The van der Waals surface area contributed by atoms with E-state index < -0.39 is 11.6 Å². The fourth-order valence-electron chi connectivity index (χ4n) is 1.21. The summed E-state index contributed by atoms with van der Waals surface area (Å²) in [7, 11) is 0. The predicted molar refractivity (Wildman–Crippen MR) is 59.0 cm³/mol. The van der Waals surface area contributed by atoms with Gasteiger partial charge in [0.05, 0.1) is 5.69 Å². The minimum atomic E-state index is -0.780. The van der Waals surface area contributed by atoms with Crippen molar-refractivity contribution in [3.8, 4) is 0 Å². The van der Waals surface area contributed by atoms with Gasteiger partial charge in [-0.25, -0.2) is 8.78 Å². The summed E-state index contributed by atoms with van der Waals surface area (Å²) in [6.45, 7) is 3.54. The van der Waals surface area contributed by atoms with Gasteiger partial charge in [0.2, 0.25) is 0 Å². The highest BCUT2D eigenvalue weighted by Gasteiger charge is 2.08. The molecule has 2 nitrogen and oxygen atoms in total. The summed E-state index contributed by atoms with van der Waals surface area (Å²) in [5.74, 6) is -1.83. The smallest absolute Gasteiger partial charge is 0.251 e. The van der Waals surface area contributed by atoms with Crippen LogP contribution in [0.1, 0.15) is 20.3 Å². The molecule has 0 spiro atoms. The molecular formula is C12H13F2NO. The third-order valence-electron chi connectivity index (χ3n) is 2.05. The molecule has 1 N–H and O–H groups in total. The Balaban J connectivity index is 2.81. The van der Waals surface area contributed by atoms with Gasteiger partial charge in [0.25, 0.3) is 5.91 Å². The van der Waals surface area contributed by atoms with Crippen LogP contribution in [0, 0.1) is 11.6 Å². The molecule has 0 bridgehead atoms. The zero-order chi connectivity index (χ0) is 12.1. The summed E-state index contributed by atoms with van der Waals surface area (Å²) >= 11 is 0. The summed E-state index contributed by atoms with van der Waals surface area (Å²) in [4.78, 5) is 11.5. The molecule has 0 saturated heterocycles. The summed E-state index contributed by atoms with van der Waals surface area (Å²) in [5, 5.41) is 2.37. The molecule has 0 aliphatic heterocycles. The van der Waals surface area contributed by atoms with Gasteiger partial charge in [-0.15, -0.1) is 0 Å². The number of hydrogen-bond acceptors (Lipinski definition) is 1. The Bertz CT molecular complexity index is 427. The topological polar surface area (TPSA) is 29.1 Å². The standard InChI is InChI=1S/C12H13F2NO/c1-3-4-8(2)12(16)15-11-6-5-9(13)7-10(11)14/h4-7H,3H2,1-2H3,(H,15,16)/b8-4-. The van der Waals surface area contributed by atoms with Gasteiger partial charge in [0.15, 0.2) is 0 Å². The van der Waals surface area contributed by atoms with E-state index in [1.165, 1.54) is 6.07 Å². The Morgan fingerprint density at radius 2 is 2.12 bits per heavy atom. The Kier molecular flexibility index (Phi) is 4.17. The molecule has 16 heavy (non-hydrogen) atoms. The molecule has 0 saturated carbocycles. The quantitative estimate of drug-likeness (QED) is 0.786. The molecule has 0 radical (unpaired) electrons. The number of anilines is 1. The lowest BCUT2D eigenvalue weighted by atomic mass is 10.2. The molecule has 1 rings (SSSR count). The average molecular weight is 225 g/mol. The summed E-state index contributed by atoms with van der Waals surface area (Å²) in [5.41, 5.74) is 0.487. The van der Waals surface area contributed by atoms with Crippen LogP contribution in [0.25, 0.3) is 0 Å². The first-order valence-corrected chi connectivity index (χ1v) is 4.97. The van der Waals surface area contributed by atoms with E-state index in [-0.39, 0.29) is 11.6 Å². The maximum atomic E-state index is 13.2. The zero-order valence-corrected chi connectivity index (χ0v) is 9.18. The second-order valence-electron chi connectivity index (χ2n) is 3.37. The van der Waals surface area contributed by atoms with E-state index in [9.17, 15) is 13.6 Å². The fourth-order valence-corrected chi connectivity index (χ4v) is 1.21. The Morgan fingerprint density at radius 3 is 2.69 bits per heavy atom. The van der Waals surface area contributed by atoms with E-state index >= 15 is 0 Å². The lowest BCUT2D eigenvalue weighted by Gasteiger charge is -2.06. The number of allylic oxidation sites excluding steroid dienone is 1. The van der Waals surface area contributed by atoms with E-state index in [0.29, 0.717) is 5.57 Å². The molecule has 1 amide bonds. The minimum Gasteiger partial charge on any atom is -0.320 e. The van der Waals surface area contributed by atoms with Crippen LogP contribution in [-0.2, 0) is 4.79 Å². The first kappa shape index (κ1) is 12.4.